The van der Waals surface area contributed by atoms with Crippen LogP contribution in [0.3, 0.4) is 0 Å². The summed E-state index contributed by atoms with van der Waals surface area (Å²) in [6.07, 6.45) is 3.99. The van der Waals surface area contributed by atoms with E-state index in [-0.39, 0.29) is 7.43 Å². The first-order valence-electron chi connectivity index (χ1n) is 5.73. The van der Waals surface area contributed by atoms with E-state index in [4.69, 9.17) is 5.73 Å². The summed E-state index contributed by atoms with van der Waals surface area (Å²) in [6, 6.07) is 14.9. The van der Waals surface area contributed by atoms with Gasteiger partial charge in [0.25, 0.3) is 0 Å². The van der Waals surface area contributed by atoms with Crippen LogP contribution in [-0.2, 0) is 0 Å². The number of urea groups is 1. The van der Waals surface area contributed by atoms with Crippen molar-refractivity contribution in [3.63, 3.8) is 0 Å². The monoisotopic (exact) mass is 252 g/mol. The SMILES string of the molecule is C.NC(=O)N1c2ccccc2C=Cc2ccccc21. The van der Waals surface area contributed by atoms with Gasteiger partial charge in [-0.2, -0.15) is 0 Å². The topological polar surface area (TPSA) is 46.3 Å². The average molecular weight is 252 g/mol. The summed E-state index contributed by atoms with van der Waals surface area (Å²) in [6.45, 7) is 0. The van der Waals surface area contributed by atoms with E-state index in [2.05, 4.69) is 0 Å². The first-order chi connectivity index (χ1) is 8.77. The predicted molar refractivity (Wildman–Crippen MR) is 80.3 cm³/mol. The molecule has 96 valence electrons. The number of anilines is 2. The molecule has 0 spiro atoms. The third-order valence-electron chi connectivity index (χ3n) is 3.02. The maximum atomic E-state index is 11.8. The van der Waals surface area contributed by atoms with E-state index in [0.29, 0.717) is 0 Å². The van der Waals surface area contributed by atoms with Crippen molar-refractivity contribution in [3.8, 4) is 0 Å². The Morgan fingerprint density at radius 1 is 0.842 bits per heavy atom. The molecular weight excluding hydrogens is 236 g/mol. The number of hydrogen-bond donors (Lipinski definition) is 1. The highest BCUT2D eigenvalue weighted by atomic mass is 16.2. The molecule has 1 aliphatic heterocycles. The number of rotatable bonds is 0. The number of fused-ring (bicyclic) bond motifs is 2. The first kappa shape index (κ1) is 12.9. The van der Waals surface area contributed by atoms with Crippen LogP contribution in [0.2, 0.25) is 0 Å². The highest BCUT2D eigenvalue weighted by Gasteiger charge is 2.21. The largest absolute Gasteiger partial charge is 0.351 e. The molecule has 19 heavy (non-hydrogen) atoms. The molecule has 1 aliphatic rings. The second-order valence-corrected chi connectivity index (χ2v) is 4.12. The Hall–Kier alpha value is -2.55. The summed E-state index contributed by atoms with van der Waals surface area (Å²) >= 11 is 0. The zero-order chi connectivity index (χ0) is 12.5. The summed E-state index contributed by atoms with van der Waals surface area (Å²) in [7, 11) is 0. The summed E-state index contributed by atoms with van der Waals surface area (Å²) in [5.74, 6) is 0. The van der Waals surface area contributed by atoms with Gasteiger partial charge in [0.1, 0.15) is 0 Å². The fraction of sp³-hybridized carbons (Fsp3) is 0.0625. The Morgan fingerprint density at radius 3 is 1.68 bits per heavy atom. The highest BCUT2D eigenvalue weighted by Crippen LogP contribution is 2.35. The van der Waals surface area contributed by atoms with Gasteiger partial charge in [0.05, 0.1) is 11.4 Å². The molecule has 2 N–H and O–H groups in total. The van der Waals surface area contributed by atoms with Crippen molar-refractivity contribution in [1.82, 2.24) is 0 Å². The van der Waals surface area contributed by atoms with Gasteiger partial charge in [0.2, 0.25) is 0 Å². The fourth-order valence-electron chi connectivity index (χ4n) is 2.21. The van der Waals surface area contributed by atoms with Gasteiger partial charge in [-0.15, -0.1) is 0 Å². The van der Waals surface area contributed by atoms with E-state index in [1.165, 1.54) is 0 Å². The smallest absolute Gasteiger partial charge is 0.323 e. The van der Waals surface area contributed by atoms with Crippen LogP contribution >= 0.6 is 0 Å². The van der Waals surface area contributed by atoms with Gasteiger partial charge in [-0.25, -0.2) is 4.79 Å². The van der Waals surface area contributed by atoms with Crippen LogP contribution in [0, 0.1) is 0 Å². The van der Waals surface area contributed by atoms with Crippen molar-refractivity contribution in [3.05, 3.63) is 59.7 Å². The number of carbonyl (C=O) groups is 1. The van der Waals surface area contributed by atoms with Crippen LogP contribution in [0.1, 0.15) is 18.6 Å². The van der Waals surface area contributed by atoms with E-state index in [0.717, 1.165) is 22.5 Å². The summed E-state index contributed by atoms with van der Waals surface area (Å²) < 4.78 is 0. The lowest BCUT2D eigenvalue weighted by Crippen LogP contribution is -2.32. The number of amides is 2. The number of nitrogens with two attached hydrogens (primary N) is 1. The molecule has 0 radical (unpaired) electrons. The number of nitrogens with zero attached hydrogens (tertiary/aromatic N) is 1. The van der Waals surface area contributed by atoms with Crippen LogP contribution in [-0.4, -0.2) is 6.03 Å². The van der Waals surface area contributed by atoms with Crippen molar-refractivity contribution in [1.29, 1.82) is 0 Å². The number of benzene rings is 2. The number of para-hydroxylation sites is 2. The van der Waals surface area contributed by atoms with E-state index >= 15 is 0 Å². The Bertz CT molecular complexity index is 597. The zero-order valence-corrected chi connectivity index (χ0v) is 9.71. The summed E-state index contributed by atoms with van der Waals surface area (Å²) in [5.41, 5.74) is 9.11. The molecule has 3 heteroatoms. The molecule has 2 amide bonds. The first-order valence-corrected chi connectivity index (χ1v) is 5.73. The highest BCUT2D eigenvalue weighted by molar-refractivity contribution is 6.04. The number of carbonyl (C=O) groups excluding carboxylic acids is 1. The molecule has 0 fully saturated rings. The third-order valence-corrected chi connectivity index (χ3v) is 3.02. The molecule has 0 aromatic heterocycles. The predicted octanol–water partition coefficient (Wildman–Crippen LogP) is 4.02. The maximum Gasteiger partial charge on any atom is 0.323 e. The standard InChI is InChI=1S/C15H12N2O.CH4/c16-15(18)17-13-7-3-1-5-11(13)9-10-12-6-2-4-8-14(12)17;/h1-10H,(H2,16,18);1H4. The minimum absolute atomic E-state index is 0. The van der Waals surface area contributed by atoms with Crippen LogP contribution in [0.4, 0.5) is 16.2 Å². The molecule has 0 bridgehead atoms. The van der Waals surface area contributed by atoms with E-state index in [1.807, 2.05) is 60.7 Å². The molecule has 3 rings (SSSR count). The minimum atomic E-state index is -0.474. The van der Waals surface area contributed by atoms with Crippen molar-refractivity contribution in [2.24, 2.45) is 5.73 Å². The van der Waals surface area contributed by atoms with Gasteiger partial charge in [-0.3, -0.25) is 4.90 Å². The Balaban J connectivity index is 0.00000133. The quantitative estimate of drug-likeness (QED) is 0.756. The lowest BCUT2D eigenvalue weighted by molar-refractivity contribution is 0.256. The van der Waals surface area contributed by atoms with Crippen molar-refractivity contribution >= 4 is 29.6 Å². The second kappa shape index (κ2) is 4.98. The van der Waals surface area contributed by atoms with Crippen molar-refractivity contribution < 1.29 is 4.79 Å². The molecule has 1 heterocycles. The van der Waals surface area contributed by atoms with E-state index in [9.17, 15) is 4.79 Å². The lowest BCUT2D eigenvalue weighted by atomic mass is 10.1. The number of primary amides is 1. The van der Waals surface area contributed by atoms with Gasteiger partial charge in [-0.05, 0) is 23.3 Å². The van der Waals surface area contributed by atoms with Crippen LogP contribution in [0.5, 0.6) is 0 Å². The number of hydrogen-bond acceptors (Lipinski definition) is 1. The molecule has 0 aliphatic carbocycles. The molecule has 0 saturated carbocycles. The van der Waals surface area contributed by atoms with Gasteiger partial charge >= 0.3 is 6.03 Å². The molecule has 0 saturated heterocycles. The molecule has 3 nitrogen and oxygen atoms in total. The van der Waals surface area contributed by atoms with Crippen LogP contribution in [0.15, 0.2) is 48.5 Å². The van der Waals surface area contributed by atoms with Gasteiger partial charge < -0.3 is 5.73 Å². The Morgan fingerprint density at radius 2 is 1.26 bits per heavy atom. The average Bonchev–Trinajstić information content (AvgIpc) is 2.55. The Kier molecular flexibility index (Phi) is 3.38. The zero-order valence-electron chi connectivity index (χ0n) is 9.71. The van der Waals surface area contributed by atoms with E-state index < -0.39 is 6.03 Å². The molecule has 0 atom stereocenters. The van der Waals surface area contributed by atoms with Crippen LogP contribution in [0.25, 0.3) is 12.2 Å². The fourth-order valence-corrected chi connectivity index (χ4v) is 2.21. The van der Waals surface area contributed by atoms with Gasteiger partial charge in [0, 0.05) is 0 Å². The van der Waals surface area contributed by atoms with Crippen molar-refractivity contribution in [2.75, 3.05) is 4.90 Å². The minimum Gasteiger partial charge on any atom is -0.351 e. The lowest BCUT2D eigenvalue weighted by Gasteiger charge is -2.22. The maximum absolute atomic E-state index is 11.8. The third kappa shape index (κ3) is 2.10. The van der Waals surface area contributed by atoms with Gasteiger partial charge in [-0.1, -0.05) is 56.0 Å². The molecule has 0 unspecified atom stereocenters. The summed E-state index contributed by atoms with van der Waals surface area (Å²) in [4.78, 5) is 13.3. The van der Waals surface area contributed by atoms with Gasteiger partial charge in [0.15, 0.2) is 0 Å². The molecule has 2 aromatic carbocycles. The summed E-state index contributed by atoms with van der Waals surface area (Å²) in [5, 5.41) is 0. The normalized spacial score (nSPS) is 11.9. The molecule has 2 aromatic rings. The van der Waals surface area contributed by atoms with Crippen molar-refractivity contribution in [2.45, 2.75) is 7.43 Å². The molecular formula is C16H16N2O. The Labute approximate surface area is 113 Å². The van der Waals surface area contributed by atoms with E-state index in [1.54, 1.807) is 4.90 Å². The van der Waals surface area contributed by atoms with Crippen LogP contribution < -0.4 is 10.6 Å². The second-order valence-electron chi connectivity index (χ2n) is 4.12.